The number of carbonyl (C=O) groups is 1. The summed E-state index contributed by atoms with van der Waals surface area (Å²) in [5.41, 5.74) is -0.425. The van der Waals surface area contributed by atoms with Gasteiger partial charge in [0.1, 0.15) is 5.60 Å². The summed E-state index contributed by atoms with van der Waals surface area (Å²) in [6.07, 6.45) is 2.89. The third kappa shape index (κ3) is 8.83. The van der Waals surface area contributed by atoms with E-state index in [-0.39, 0.29) is 6.09 Å². The van der Waals surface area contributed by atoms with Crippen molar-refractivity contribution in [1.82, 2.24) is 10.6 Å². The molecule has 0 aromatic carbocycles. The Morgan fingerprint density at radius 2 is 1.95 bits per heavy atom. The molecule has 112 valence electrons. The topological polar surface area (TPSA) is 59.6 Å². The highest BCUT2D eigenvalue weighted by atomic mass is 16.6. The number of carbonyl (C=O) groups excluding carboxylic acids is 1. The Labute approximate surface area is 116 Å². The Bertz CT molecular complexity index is 258. The first-order valence-electron chi connectivity index (χ1n) is 7.23. The standard InChI is InChI=1S/C14H28N2O3/c1-14(2,3)19-13(17)16-8-4-7-15-11-12-5-9-18-10-6-12/h12,15H,4-11H2,1-3H3,(H,16,17). The summed E-state index contributed by atoms with van der Waals surface area (Å²) in [4.78, 5) is 11.4. The summed E-state index contributed by atoms with van der Waals surface area (Å²) < 4.78 is 10.5. The van der Waals surface area contributed by atoms with Crippen LogP contribution < -0.4 is 10.6 Å². The highest BCUT2D eigenvalue weighted by Gasteiger charge is 2.15. The first-order valence-corrected chi connectivity index (χ1v) is 7.23. The average molecular weight is 272 g/mol. The number of nitrogens with one attached hydrogen (secondary N) is 2. The molecule has 5 heteroatoms. The van der Waals surface area contributed by atoms with E-state index >= 15 is 0 Å². The number of ether oxygens (including phenoxy) is 2. The van der Waals surface area contributed by atoms with Crippen molar-refractivity contribution >= 4 is 6.09 Å². The van der Waals surface area contributed by atoms with Crippen LogP contribution in [-0.4, -0.2) is 44.5 Å². The van der Waals surface area contributed by atoms with Gasteiger partial charge in [0.15, 0.2) is 0 Å². The predicted molar refractivity (Wildman–Crippen MR) is 75.3 cm³/mol. The first kappa shape index (κ1) is 16.2. The van der Waals surface area contributed by atoms with Gasteiger partial charge in [-0.15, -0.1) is 0 Å². The van der Waals surface area contributed by atoms with Gasteiger partial charge in [-0.3, -0.25) is 0 Å². The molecule has 0 aromatic rings. The first-order chi connectivity index (χ1) is 8.97. The lowest BCUT2D eigenvalue weighted by Crippen LogP contribution is -2.34. The van der Waals surface area contributed by atoms with Crippen LogP contribution in [0.5, 0.6) is 0 Å². The van der Waals surface area contributed by atoms with Gasteiger partial charge in [-0.1, -0.05) is 0 Å². The molecular weight excluding hydrogens is 244 g/mol. The Balaban J connectivity index is 1.92. The summed E-state index contributed by atoms with van der Waals surface area (Å²) in [5.74, 6) is 0.743. The van der Waals surface area contributed by atoms with E-state index in [1.54, 1.807) is 0 Å². The maximum absolute atomic E-state index is 11.4. The van der Waals surface area contributed by atoms with Crippen LogP contribution in [0.15, 0.2) is 0 Å². The van der Waals surface area contributed by atoms with Gasteiger partial charge in [0.2, 0.25) is 0 Å². The minimum absolute atomic E-state index is 0.336. The molecule has 1 heterocycles. The number of hydrogen-bond donors (Lipinski definition) is 2. The van der Waals surface area contributed by atoms with Crippen LogP contribution in [-0.2, 0) is 9.47 Å². The van der Waals surface area contributed by atoms with Crippen LogP contribution in [0.2, 0.25) is 0 Å². The molecule has 0 aliphatic carbocycles. The summed E-state index contributed by atoms with van der Waals surface area (Å²) in [5, 5.41) is 6.19. The Morgan fingerprint density at radius 1 is 1.26 bits per heavy atom. The predicted octanol–water partition coefficient (Wildman–Crippen LogP) is 1.92. The average Bonchev–Trinajstić information content (AvgIpc) is 2.32. The summed E-state index contributed by atoms with van der Waals surface area (Å²) in [6.45, 7) is 10.0. The van der Waals surface area contributed by atoms with Gasteiger partial charge in [-0.25, -0.2) is 4.79 Å². The molecule has 1 fully saturated rings. The molecule has 2 N–H and O–H groups in total. The Morgan fingerprint density at radius 3 is 2.58 bits per heavy atom. The van der Waals surface area contributed by atoms with Gasteiger partial charge < -0.3 is 20.1 Å². The molecule has 19 heavy (non-hydrogen) atoms. The van der Waals surface area contributed by atoms with Crippen LogP contribution >= 0.6 is 0 Å². The van der Waals surface area contributed by atoms with Crippen molar-refractivity contribution in [3.63, 3.8) is 0 Å². The number of hydrogen-bond acceptors (Lipinski definition) is 4. The van der Waals surface area contributed by atoms with Gasteiger partial charge in [0.05, 0.1) is 0 Å². The maximum Gasteiger partial charge on any atom is 0.407 e. The fourth-order valence-corrected chi connectivity index (χ4v) is 1.97. The zero-order valence-electron chi connectivity index (χ0n) is 12.5. The minimum Gasteiger partial charge on any atom is -0.444 e. The van der Waals surface area contributed by atoms with E-state index < -0.39 is 5.60 Å². The second kappa shape index (κ2) is 8.38. The lowest BCUT2D eigenvalue weighted by atomic mass is 10.0. The summed E-state index contributed by atoms with van der Waals surface area (Å²) >= 11 is 0. The van der Waals surface area contributed by atoms with E-state index in [1.165, 1.54) is 0 Å². The van der Waals surface area contributed by atoms with E-state index in [2.05, 4.69) is 10.6 Å². The Hall–Kier alpha value is -0.810. The molecule has 0 aromatic heterocycles. The van der Waals surface area contributed by atoms with Crippen molar-refractivity contribution in [3.05, 3.63) is 0 Å². The lowest BCUT2D eigenvalue weighted by Gasteiger charge is -2.22. The van der Waals surface area contributed by atoms with Crippen LogP contribution in [0.1, 0.15) is 40.0 Å². The second-order valence-electron chi connectivity index (χ2n) is 6.04. The number of alkyl carbamates (subject to hydrolysis) is 1. The van der Waals surface area contributed by atoms with Crippen LogP contribution in [0, 0.1) is 5.92 Å². The normalized spacial score (nSPS) is 17.2. The lowest BCUT2D eigenvalue weighted by molar-refractivity contribution is 0.0526. The van der Waals surface area contributed by atoms with Crippen molar-refractivity contribution in [3.8, 4) is 0 Å². The molecule has 0 saturated carbocycles. The van der Waals surface area contributed by atoms with Crippen LogP contribution in [0.25, 0.3) is 0 Å². The number of rotatable bonds is 6. The minimum atomic E-state index is -0.425. The van der Waals surface area contributed by atoms with E-state index in [0.717, 1.165) is 51.5 Å². The summed E-state index contributed by atoms with van der Waals surface area (Å²) in [7, 11) is 0. The largest absolute Gasteiger partial charge is 0.444 e. The quantitative estimate of drug-likeness (QED) is 0.725. The Kier molecular flexibility index (Phi) is 7.16. The van der Waals surface area contributed by atoms with Crippen molar-refractivity contribution in [2.75, 3.05) is 32.8 Å². The molecule has 1 rings (SSSR count). The van der Waals surface area contributed by atoms with Crippen molar-refractivity contribution in [2.45, 2.75) is 45.6 Å². The van der Waals surface area contributed by atoms with Crippen molar-refractivity contribution in [2.24, 2.45) is 5.92 Å². The molecule has 0 bridgehead atoms. The molecule has 5 nitrogen and oxygen atoms in total. The number of amides is 1. The maximum atomic E-state index is 11.4. The van der Waals surface area contributed by atoms with Crippen molar-refractivity contribution in [1.29, 1.82) is 0 Å². The fourth-order valence-electron chi connectivity index (χ4n) is 1.97. The zero-order valence-corrected chi connectivity index (χ0v) is 12.5. The summed E-state index contributed by atoms with van der Waals surface area (Å²) in [6, 6.07) is 0. The molecule has 1 aliphatic heterocycles. The SMILES string of the molecule is CC(C)(C)OC(=O)NCCCNCC1CCOCC1. The molecule has 1 aliphatic rings. The molecule has 0 spiro atoms. The highest BCUT2D eigenvalue weighted by Crippen LogP contribution is 2.12. The molecule has 0 atom stereocenters. The third-order valence-corrected chi connectivity index (χ3v) is 2.97. The smallest absolute Gasteiger partial charge is 0.407 e. The highest BCUT2D eigenvalue weighted by molar-refractivity contribution is 5.67. The third-order valence-electron chi connectivity index (χ3n) is 2.97. The zero-order chi connectivity index (χ0) is 14.1. The molecule has 1 amide bonds. The van der Waals surface area contributed by atoms with Gasteiger partial charge in [0, 0.05) is 19.8 Å². The van der Waals surface area contributed by atoms with Crippen LogP contribution in [0.3, 0.4) is 0 Å². The van der Waals surface area contributed by atoms with Gasteiger partial charge in [-0.2, -0.15) is 0 Å². The molecule has 1 saturated heterocycles. The fraction of sp³-hybridized carbons (Fsp3) is 0.929. The van der Waals surface area contributed by atoms with Gasteiger partial charge in [0.25, 0.3) is 0 Å². The van der Waals surface area contributed by atoms with Gasteiger partial charge in [-0.05, 0) is 59.0 Å². The second-order valence-corrected chi connectivity index (χ2v) is 6.04. The monoisotopic (exact) mass is 272 g/mol. The van der Waals surface area contributed by atoms with E-state index in [9.17, 15) is 4.79 Å². The van der Waals surface area contributed by atoms with Crippen molar-refractivity contribution < 1.29 is 14.3 Å². The van der Waals surface area contributed by atoms with Gasteiger partial charge >= 0.3 is 6.09 Å². The van der Waals surface area contributed by atoms with E-state index in [1.807, 2.05) is 20.8 Å². The molecular formula is C14H28N2O3. The van der Waals surface area contributed by atoms with E-state index in [4.69, 9.17) is 9.47 Å². The van der Waals surface area contributed by atoms with Crippen LogP contribution in [0.4, 0.5) is 4.79 Å². The van der Waals surface area contributed by atoms with E-state index in [0.29, 0.717) is 6.54 Å². The molecule has 0 radical (unpaired) electrons. The molecule has 0 unspecified atom stereocenters.